The SMILES string of the molecule is O=C(OCC(=O)N1CCNC1=O)c1cc(-c2ccccc2)nc2c1cnn2Cc1ccc(Cl)cc1. The van der Waals surface area contributed by atoms with Gasteiger partial charge in [-0.25, -0.2) is 19.3 Å². The molecule has 1 N–H and O–H groups in total. The van der Waals surface area contributed by atoms with Crippen LogP contribution >= 0.6 is 11.6 Å². The molecular weight excluding hydrogens is 470 g/mol. The summed E-state index contributed by atoms with van der Waals surface area (Å²) in [5.74, 6) is -1.28. The van der Waals surface area contributed by atoms with Crippen molar-refractivity contribution in [1.82, 2.24) is 25.0 Å². The van der Waals surface area contributed by atoms with Gasteiger partial charge < -0.3 is 10.1 Å². The fraction of sp³-hybridized carbons (Fsp3) is 0.160. The van der Waals surface area contributed by atoms with Crippen molar-refractivity contribution in [2.45, 2.75) is 6.54 Å². The summed E-state index contributed by atoms with van der Waals surface area (Å²) < 4.78 is 7.00. The standard InChI is InChI=1S/C25H20ClN5O4/c26-18-8-6-16(7-9-18)14-31-23-20(13-28-31)19(12-21(29-23)17-4-2-1-3-5-17)24(33)35-15-22(32)30-11-10-27-25(30)34/h1-9,12-13H,10-11,14-15H2,(H,27,34). The van der Waals surface area contributed by atoms with E-state index >= 15 is 0 Å². The number of nitrogens with zero attached hydrogens (tertiary/aromatic N) is 4. The van der Waals surface area contributed by atoms with Gasteiger partial charge in [-0.3, -0.25) is 9.69 Å². The second kappa shape index (κ2) is 9.55. The Morgan fingerprint density at radius 3 is 2.57 bits per heavy atom. The number of nitrogens with one attached hydrogen (secondary N) is 1. The Labute approximate surface area is 205 Å². The maximum absolute atomic E-state index is 13.1. The number of urea groups is 1. The van der Waals surface area contributed by atoms with Crippen molar-refractivity contribution in [3.63, 3.8) is 0 Å². The van der Waals surface area contributed by atoms with Gasteiger partial charge in [-0.15, -0.1) is 0 Å². The van der Waals surface area contributed by atoms with Gasteiger partial charge in [0.2, 0.25) is 0 Å². The first-order chi connectivity index (χ1) is 17.0. The molecule has 35 heavy (non-hydrogen) atoms. The quantitative estimate of drug-likeness (QED) is 0.415. The number of pyridine rings is 1. The van der Waals surface area contributed by atoms with Gasteiger partial charge in [0.05, 0.1) is 29.4 Å². The van der Waals surface area contributed by atoms with Crippen LogP contribution in [0.2, 0.25) is 5.02 Å². The summed E-state index contributed by atoms with van der Waals surface area (Å²) in [6.45, 7) is 0.486. The Bertz CT molecular complexity index is 1420. The molecule has 0 spiro atoms. The van der Waals surface area contributed by atoms with Crippen LogP contribution in [0.5, 0.6) is 0 Å². The third-order valence-electron chi connectivity index (χ3n) is 5.63. The number of benzene rings is 2. The van der Waals surface area contributed by atoms with Gasteiger partial charge in [-0.2, -0.15) is 5.10 Å². The van der Waals surface area contributed by atoms with Crippen LogP contribution < -0.4 is 5.32 Å². The Kier molecular flexibility index (Phi) is 6.15. The van der Waals surface area contributed by atoms with Crippen LogP contribution in [-0.2, 0) is 16.1 Å². The fourth-order valence-electron chi connectivity index (χ4n) is 3.84. The molecule has 0 saturated carbocycles. The smallest absolute Gasteiger partial charge is 0.339 e. The molecule has 1 aliphatic heterocycles. The number of esters is 1. The third kappa shape index (κ3) is 4.71. The molecule has 0 atom stereocenters. The molecule has 176 valence electrons. The average molecular weight is 490 g/mol. The van der Waals surface area contributed by atoms with Crippen LogP contribution in [-0.4, -0.2) is 57.3 Å². The van der Waals surface area contributed by atoms with E-state index in [0.717, 1.165) is 16.0 Å². The molecular formula is C25H20ClN5O4. The van der Waals surface area contributed by atoms with E-state index in [2.05, 4.69) is 10.4 Å². The highest BCUT2D eigenvalue weighted by atomic mass is 35.5. The van der Waals surface area contributed by atoms with Gasteiger partial charge in [-0.1, -0.05) is 54.1 Å². The maximum atomic E-state index is 13.1. The highest BCUT2D eigenvalue weighted by Crippen LogP contribution is 2.26. The topological polar surface area (TPSA) is 106 Å². The lowest BCUT2D eigenvalue weighted by molar-refractivity contribution is -0.130. The summed E-state index contributed by atoms with van der Waals surface area (Å²) in [5.41, 5.74) is 3.07. The molecule has 9 nitrogen and oxygen atoms in total. The van der Waals surface area contributed by atoms with Crippen LogP contribution in [0.4, 0.5) is 4.79 Å². The molecule has 3 heterocycles. The first kappa shape index (κ1) is 22.5. The number of halogens is 1. The summed E-state index contributed by atoms with van der Waals surface area (Å²) in [6, 6.07) is 17.9. The van der Waals surface area contributed by atoms with E-state index in [0.29, 0.717) is 34.8 Å². The molecule has 0 bridgehead atoms. The average Bonchev–Trinajstić information content (AvgIpc) is 3.49. The first-order valence-corrected chi connectivity index (χ1v) is 11.3. The van der Waals surface area contributed by atoms with E-state index in [1.165, 1.54) is 0 Å². The predicted molar refractivity (Wildman–Crippen MR) is 129 cm³/mol. The zero-order valence-corrected chi connectivity index (χ0v) is 19.2. The summed E-state index contributed by atoms with van der Waals surface area (Å²) >= 11 is 6.00. The molecule has 0 radical (unpaired) electrons. The maximum Gasteiger partial charge on any atom is 0.339 e. The normalized spacial score (nSPS) is 13.2. The van der Waals surface area contributed by atoms with Crippen molar-refractivity contribution in [1.29, 1.82) is 0 Å². The highest BCUT2D eigenvalue weighted by molar-refractivity contribution is 6.30. The molecule has 1 fully saturated rings. The van der Waals surface area contributed by atoms with Gasteiger partial charge in [-0.05, 0) is 23.8 Å². The number of carbonyl (C=O) groups excluding carboxylic acids is 3. The lowest BCUT2D eigenvalue weighted by atomic mass is 10.1. The number of hydrogen-bond acceptors (Lipinski definition) is 6. The number of ether oxygens (including phenoxy) is 1. The Hall–Kier alpha value is -4.24. The van der Waals surface area contributed by atoms with Crippen LogP contribution in [0.25, 0.3) is 22.3 Å². The van der Waals surface area contributed by atoms with Gasteiger partial charge in [0.15, 0.2) is 12.3 Å². The monoisotopic (exact) mass is 489 g/mol. The van der Waals surface area contributed by atoms with Crippen LogP contribution in [0, 0.1) is 0 Å². The first-order valence-electron chi connectivity index (χ1n) is 10.9. The number of amides is 3. The fourth-order valence-corrected chi connectivity index (χ4v) is 3.97. The van der Waals surface area contributed by atoms with Gasteiger partial charge in [0.25, 0.3) is 5.91 Å². The van der Waals surface area contributed by atoms with Crippen LogP contribution in [0.1, 0.15) is 15.9 Å². The van der Waals surface area contributed by atoms with Crippen molar-refractivity contribution in [2.24, 2.45) is 0 Å². The lowest BCUT2D eigenvalue weighted by Gasteiger charge is -2.13. The predicted octanol–water partition coefficient (Wildman–Crippen LogP) is 3.51. The Morgan fingerprint density at radius 1 is 1.09 bits per heavy atom. The minimum atomic E-state index is -0.700. The molecule has 1 saturated heterocycles. The lowest BCUT2D eigenvalue weighted by Crippen LogP contribution is -2.37. The molecule has 0 unspecified atom stereocenters. The van der Waals surface area contributed by atoms with Gasteiger partial charge in [0, 0.05) is 23.7 Å². The van der Waals surface area contributed by atoms with E-state index in [1.54, 1.807) is 29.1 Å². The van der Waals surface area contributed by atoms with Crippen molar-refractivity contribution < 1.29 is 19.1 Å². The summed E-state index contributed by atoms with van der Waals surface area (Å²) in [6.07, 6.45) is 1.55. The van der Waals surface area contributed by atoms with E-state index in [4.69, 9.17) is 21.3 Å². The molecule has 4 aromatic rings. The molecule has 2 aromatic heterocycles. The molecule has 3 amide bonds. The summed E-state index contributed by atoms with van der Waals surface area (Å²) in [4.78, 5) is 42.9. The highest BCUT2D eigenvalue weighted by Gasteiger charge is 2.27. The van der Waals surface area contributed by atoms with E-state index in [-0.39, 0.29) is 12.1 Å². The molecule has 0 aliphatic carbocycles. The molecule has 1 aliphatic rings. The molecule has 5 rings (SSSR count). The number of carbonyl (C=O) groups is 3. The van der Waals surface area contributed by atoms with Gasteiger partial charge >= 0.3 is 12.0 Å². The number of imide groups is 1. The second-order valence-electron chi connectivity index (χ2n) is 7.94. The number of rotatable bonds is 6. The number of fused-ring (bicyclic) bond motifs is 1. The third-order valence-corrected chi connectivity index (χ3v) is 5.88. The van der Waals surface area contributed by atoms with Crippen molar-refractivity contribution in [2.75, 3.05) is 19.7 Å². The molecule has 10 heteroatoms. The van der Waals surface area contributed by atoms with Gasteiger partial charge in [0.1, 0.15) is 0 Å². The minimum Gasteiger partial charge on any atom is -0.452 e. The summed E-state index contributed by atoms with van der Waals surface area (Å²) in [5, 5.41) is 8.12. The van der Waals surface area contributed by atoms with Crippen LogP contribution in [0.15, 0.2) is 66.9 Å². The molecule has 2 aromatic carbocycles. The van der Waals surface area contributed by atoms with E-state index in [9.17, 15) is 14.4 Å². The second-order valence-corrected chi connectivity index (χ2v) is 8.38. The number of aromatic nitrogens is 3. The Balaban J connectivity index is 1.48. The van der Waals surface area contributed by atoms with E-state index < -0.39 is 24.5 Å². The zero-order chi connectivity index (χ0) is 24.4. The number of hydrogen-bond donors (Lipinski definition) is 1. The zero-order valence-electron chi connectivity index (χ0n) is 18.5. The summed E-state index contributed by atoms with van der Waals surface area (Å²) in [7, 11) is 0. The minimum absolute atomic E-state index is 0.231. The van der Waals surface area contributed by atoms with Crippen molar-refractivity contribution >= 4 is 40.5 Å². The van der Waals surface area contributed by atoms with Crippen molar-refractivity contribution in [3.8, 4) is 11.3 Å². The van der Waals surface area contributed by atoms with Crippen LogP contribution in [0.3, 0.4) is 0 Å². The van der Waals surface area contributed by atoms with Crippen molar-refractivity contribution in [3.05, 3.63) is 83.0 Å². The largest absolute Gasteiger partial charge is 0.452 e. The Morgan fingerprint density at radius 2 is 1.86 bits per heavy atom. The van der Waals surface area contributed by atoms with E-state index in [1.807, 2.05) is 42.5 Å².